The van der Waals surface area contributed by atoms with E-state index in [9.17, 15) is 27.6 Å². The van der Waals surface area contributed by atoms with Gasteiger partial charge in [-0.1, -0.05) is 44.2 Å². The number of amides is 2. The highest BCUT2D eigenvalue weighted by molar-refractivity contribution is 6.14. The zero-order valence-corrected chi connectivity index (χ0v) is 18.1. The van der Waals surface area contributed by atoms with Crippen LogP contribution in [0.2, 0.25) is 0 Å². The lowest BCUT2D eigenvalue weighted by Crippen LogP contribution is -2.66. The van der Waals surface area contributed by atoms with Crippen LogP contribution in [-0.2, 0) is 16.1 Å². The lowest BCUT2D eigenvalue weighted by molar-refractivity contribution is -0.190. The highest BCUT2D eigenvalue weighted by Crippen LogP contribution is 2.52. The Labute approximate surface area is 188 Å². The fourth-order valence-electron chi connectivity index (χ4n) is 4.50. The zero-order valence-electron chi connectivity index (χ0n) is 18.1. The number of hydrogen-bond donors (Lipinski definition) is 1. The second kappa shape index (κ2) is 7.83. The number of aromatic nitrogens is 1. The molecule has 1 atom stereocenters. The predicted molar refractivity (Wildman–Crippen MR) is 113 cm³/mol. The summed E-state index contributed by atoms with van der Waals surface area (Å²) in [5.74, 6) is -3.29. The van der Waals surface area contributed by atoms with Crippen molar-refractivity contribution in [2.24, 2.45) is 5.41 Å². The van der Waals surface area contributed by atoms with Crippen molar-refractivity contribution in [3.05, 3.63) is 77.3 Å². The summed E-state index contributed by atoms with van der Waals surface area (Å²) in [5.41, 5.74) is -4.26. The second-order valence-corrected chi connectivity index (χ2v) is 9.08. The molecule has 2 aliphatic rings. The number of rotatable bonds is 4. The van der Waals surface area contributed by atoms with Gasteiger partial charge in [-0.05, 0) is 29.5 Å². The van der Waals surface area contributed by atoms with Crippen molar-refractivity contribution in [1.29, 1.82) is 0 Å². The number of Topliss-reactive ketones (excluding diaryl/α,β-unsaturated/α-hetero) is 1. The number of carbonyl (C=O) groups is 3. The third-order valence-corrected chi connectivity index (χ3v) is 5.97. The quantitative estimate of drug-likeness (QED) is 0.758. The van der Waals surface area contributed by atoms with Crippen molar-refractivity contribution in [2.75, 3.05) is 0 Å². The van der Waals surface area contributed by atoms with Crippen molar-refractivity contribution in [2.45, 2.75) is 44.9 Å². The van der Waals surface area contributed by atoms with E-state index in [2.05, 4.69) is 4.98 Å². The van der Waals surface area contributed by atoms with Gasteiger partial charge in [-0.25, -0.2) is 0 Å². The fraction of sp³-hybridized carbons (Fsp3) is 0.333. The monoisotopic (exact) mass is 457 g/mol. The Kier molecular flexibility index (Phi) is 5.38. The highest BCUT2D eigenvalue weighted by atomic mass is 19.4. The number of alkyl halides is 3. The van der Waals surface area contributed by atoms with E-state index in [1.807, 2.05) is 5.32 Å². The molecule has 1 aromatic heterocycles. The molecule has 1 unspecified atom stereocenters. The van der Waals surface area contributed by atoms with Crippen LogP contribution in [0.25, 0.3) is 0 Å². The average molecular weight is 457 g/mol. The van der Waals surface area contributed by atoms with Gasteiger partial charge < -0.3 is 10.2 Å². The molecular weight excluding hydrogens is 435 g/mol. The van der Waals surface area contributed by atoms with E-state index in [0.717, 1.165) is 4.90 Å². The van der Waals surface area contributed by atoms with Crippen molar-refractivity contribution < 1.29 is 27.6 Å². The van der Waals surface area contributed by atoms with Gasteiger partial charge in [0.1, 0.15) is 0 Å². The number of benzene rings is 1. The van der Waals surface area contributed by atoms with Gasteiger partial charge in [-0.2, -0.15) is 13.2 Å². The van der Waals surface area contributed by atoms with E-state index in [1.54, 1.807) is 44.2 Å². The third kappa shape index (κ3) is 3.81. The minimum atomic E-state index is -5.24. The number of ketones is 1. The molecule has 2 amide bonds. The van der Waals surface area contributed by atoms with E-state index in [1.165, 1.54) is 24.5 Å². The summed E-state index contributed by atoms with van der Waals surface area (Å²) in [7, 11) is 0. The smallest absolute Gasteiger partial charge is 0.326 e. The van der Waals surface area contributed by atoms with Crippen LogP contribution in [0.15, 0.2) is 66.1 Å². The van der Waals surface area contributed by atoms with Gasteiger partial charge in [0.05, 0.1) is 12.1 Å². The van der Waals surface area contributed by atoms with Gasteiger partial charge in [0, 0.05) is 30.1 Å². The Morgan fingerprint density at radius 2 is 1.70 bits per heavy atom. The third-order valence-electron chi connectivity index (χ3n) is 5.97. The molecule has 2 heterocycles. The van der Waals surface area contributed by atoms with Gasteiger partial charge in [-0.15, -0.1) is 0 Å². The van der Waals surface area contributed by atoms with E-state index < -0.39 is 40.3 Å². The Morgan fingerprint density at radius 1 is 1.06 bits per heavy atom. The van der Waals surface area contributed by atoms with Crippen LogP contribution in [0.5, 0.6) is 0 Å². The standard InChI is InChI=1S/C24H22F3N3O3/c1-22(2)12-17-19(18(31)13-22)23(24(25,26)27,29-20(32)16-8-10-28-11-9-16)21(33)30(17)14-15-6-4-3-5-7-15/h3-11H,12-14H2,1-2H3,(H,29,32). The molecular formula is C24H22F3N3O3. The first-order chi connectivity index (χ1) is 15.5. The second-order valence-electron chi connectivity index (χ2n) is 9.08. The molecule has 0 radical (unpaired) electrons. The summed E-state index contributed by atoms with van der Waals surface area (Å²) in [6.45, 7) is 3.39. The Bertz CT molecular complexity index is 1140. The number of nitrogens with one attached hydrogen (secondary N) is 1. The van der Waals surface area contributed by atoms with E-state index in [4.69, 9.17) is 0 Å². The molecule has 6 nitrogen and oxygen atoms in total. The number of carbonyl (C=O) groups excluding carboxylic acids is 3. The van der Waals surface area contributed by atoms with Crippen LogP contribution >= 0.6 is 0 Å². The van der Waals surface area contributed by atoms with Gasteiger partial charge >= 0.3 is 6.18 Å². The number of nitrogens with zero attached hydrogens (tertiary/aromatic N) is 2. The van der Waals surface area contributed by atoms with Crippen molar-refractivity contribution in [1.82, 2.24) is 15.2 Å². The van der Waals surface area contributed by atoms with Crippen LogP contribution < -0.4 is 5.32 Å². The zero-order chi connectivity index (χ0) is 24.0. The lowest BCUT2D eigenvalue weighted by Gasteiger charge is -2.35. The molecule has 0 fully saturated rings. The lowest BCUT2D eigenvalue weighted by atomic mass is 9.72. The van der Waals surface area contributed by atoms with Crippen LogP contribution in [0.3, 0.4) is 0 Å². The van der Waals surface area contributed by atoms with Crippen molar-refractivity contribution in [3.63, 3.8) is 0 Å². The normalized spacial score (nSPS) is 22.4. The summed E-state index contributed by atoms with van der Waals surface area (Å²) in [4.78, 5) is 44.3. The summed E-state index contributed by atoms with van der Waals surface area (Å²) in [5, 5.41) is 1.91. The van der Waals surface area contributed by atoms with E-state index in [0.29, 0.717) is 5.56 Å². The number of halogens is 3. The summed E-state index contributed by atoms with van der Waals surface area (Å²) in [6.07, 6.45) is -2.80. The van der Waals surface area contributed by atoms with Gasteiger partial charge in [0.2, 0.25) is 5.54 Å². The van der Waals surface area contributed by atoms with Crippen molar-refractivity contribution >= 4 is 17.6 Å². The largest absolute Gasteiger partial charge is 0.425 e. The van der Waals surface area contributed by atoms with E-state index in [-0.39, 0.29) is 30.6 Å². The molecule has 2 aromatic rings. The van der Waals surface area contributed by atoms with Crippen LogP contribution in [0, 0.1) is 5.41 Å². The van der Waals surface area contributed by atoms with Gasteiger partial charge in [0.15, 0.2) is 5.78 Å². The minimum Gasteiger partial charge on any atom is -0.326 e. The van der Waals surface area contributed by atoms with E-state index >= 15 is 0 Å². The number of hydrogen-bond acceptors (Lipinski definition) is 4. The maximum Gasteiger partial charge on any atom is 0.425 e. The summed E-state index contributed by atoms with van der Waals surface area (Å²) >= 11 is 0. The maximum atomic E-state index is 14.7. The molecule has 0 saturated carbocycles. The summed E-state index contributed by atoms with van der Waals surface area (Å²) < 4.78 is 44.2. The summed E-state index contributed by atoms with van der Waals surface area (Å²) in [6, 6.07) is 11.0. The van der Waals surface area contributed by atoms with Gasteiger partial charge in [0.25, 0.3) is 11.8 Å². The topological polar surface area (TPSA) is 79.4 Å². The SMILES string of the molecule is CC1(C)CC(=O)C2=C(C1)N(Cc1ccccc1)C(=O)C2(NC(=O)c1ccncc1)C(F)(F)F. The number of allylic oxidation sites excluding steroid dienone is 1. The maximum absolute atomic E-state index is 14.7. The number of pyridine rings is 1. The molecule has 172 valence electrons. The minimum absolute atomic E-state index is 0.0115. The highest BCUT2D eigenvalue weighted by Gasteiger charge is 2.71. The molecule has 1 N–H and O–H groups in total. The molecule has 33 heavy (non-hydrogen) atoms. The Morgan fingerprint density at radius 3 is 2.30 bits per heavy atom. The van der Waals surface area contributed by atoms with Crippen LogP contribution in [-0.4, -0.2) is 39.2 Å². The molecule has 9 heteroatoms. The molecule has 0 saturated heterocycles. The van der Waals surface area contributed by atoms with Gasteiger partial charge in [-0.3, -0.25) is 19.4 Å². The molecule has 0 spiro atoms. The van der Waals surface area contributed by atoms with Crippen LogP contribution in [0.1, 0.15) is 42.6 Å². The van der Waals surface area contributed by atoms with Crippen LogP contribution in [0.4, 0.5) is 13.2 Å². The first kappa shape index (κ1) is 22.7. The Balaban J connectivity index is 1.88. The first-order valence-corrected chi connectivity index (χ1v) is 10.4. The average Bonchev–Trinajstić information content (AvgIpc) is 2.97. The molecule has 1 aliphatic carbocycles. The molecule has 4 rings (SSSR count). The fourth-order valence-corrected chi connectivity index (χ4v) is 4.50. The first-order valence-electron chi connectivity index (χ1n) is 10.4. The Hall–Kier alpha value is -3.49. The predicted octanol–water partition coefficient (Wildman–Crippen LogP) is 3.80. The molecule has 1 aromatic carbocycles. The molecule has 1 aliphatic heterocycles. The molecule has 0 bridgehead atoms. The van der Waals surface area contributed by atoms with Crippen molar-refractivity contribution in [3.8, 4) is 0 Å².